The van der Waals surface area contributed by atoms with Crippen molar-refractivity contribution in [3.63, 3.8) is 0 Å². The zero-order valence-corrected chi connectivity index (χ0v) is 11.3. The summed E-state index contributed by atoms with van der Waals surface area (Å²) in [7, 11) is 0. The molecule has 96 valence electrons. The van der Waals surface area contributed by atoms with Crippen molar-refractivity contribution < 1.29 is 9.59 Å². The van der Waals surface area contributed by atoms with Gasteiger partial charge in [0, 0.05) is 23.5 Å². The topological polar surface area (TPSA) is 58.2 Å². The van der Waals surface area contributed by atoms with E-state index in [4.69, 9.17) is 0 Å². The summed E-state index contributed by atoms with van der Waals surface area (Å²) in [5.74, 6) is -0.176. The molecule has 1 fully saturated rings. The van der Waals surface area contributed by atoms with E-state index >= 15 is 0 Å². The number of anilines is 1. The van der Waals surface area contributed by atoms with E-state index in [0.717, 1.165) is 10.6 Å². The van der Waals surface area contributed by atoms with E-state index in [9.17, 15) is 9.59 Å². The molecule has 1 unspecified atom stereocenters. The molecule has 4 nitrogen and oxygen atoms in total. The van der Waals surface area contributed by atoms with Crippen molar-refractivity contribution in [1.82, 2.24) is 5.32 Å². The zero-order chi connectivity index (χ0) is 13.2. The molecule has 1 heterocycles. The summed E-state index contributed by atoms with van der Waals surface area (Å²) in [6.45, 7) is 2.21. The molecule has 1 saturated heterocycles. The first-order chi connectivity index (χ1) is 8.53. The summed E-state index contributed by atoms with van der Waals surface area (Å²) in [6, 6.07) is 7.67. The fourth-order valence-electron chi connectivity index (χ4n) is 1.92. The van der Waals surface area contributed by atoms with E-state index in [1.54, 1.807) is 18.7 Å². The third-order valence-electron chi connectivity index (χ3n) is 3.10. The van der Waals surface area contributed by atoms with E-state index in [0.29, 0.717) is 6.54 Å². The lowest BCUT2D eigenvalue weighted by atomic mass is 9.88. The van der Waals surface area contributed by atoms with Gasteiger partial charge in [0.05, 0.1) is 5.41 Å². The highest BCUT2D eigenvalue weighted by atomic mass is 32.2. The number of rotatable bonds is 3. The van der Waals surface area contributed by atoms with Crippen molar-refractivity contribution in [2.75, 3.05) is 18.1 Å². The number of hydrogen-bond donors (Lipinski definition) is 2. The molecule has 1 aromatic rings. The number of carbonyl (C=O) groups excluding carboxylic acids is 2. The maximum Gasteiger partial charge on any atom is 0.232 e. The quantitative estimate of drug-likeness (QED) is 0.819. The molecule has 1 aliphatic heterocycles. The third-order valence-corrected chi connectivity index (χ3v) is 3.83. The first-order valence-electron chi connectivity index (χ1n) is 5.76. The minimum atomic E-state index is -0.646. The highest BCUT2D eigenvalue weighted by molar-refractivity contribution is 7.98. The predicted octanol–water partition coefficient (Wildman–Crippen LogP) is 1.87. The minimum absolute atomic E-state index is 0.0643. The lowest BCUT2D eigenvalue weighted by Crippen LogP contribution is -2.35. The molecule has 0 bridgehead atoms. The van der Waals surface area contributed by atoms with E-state index in [-0.39, 0.29) is 18.2 Å². The van der Waals surface area contributed by atoms with Crippen LogP contribution in [0, 0.1) is 5.41 Å². The molecule has 2 N–H and O–H groups in total. The highest BCUT2D eigenvalue weighted by Crippen LogP contribution is 2.28. The van der Waals surface area contributed by atoms with E-state index in [1.807, 2.05) is 30.5 Å². The Hall–Kier alpha value is -1.49. The second-order valence-electron chi connectivity index (χ2n) is 4.70. The smallest absolute Gasteiger partial charge is 0.232 e. The van der Waals surface area contributed by atoms with Gasteiger partial charge in [-0.25, -0.2) is 0 Å². The van der Waals surface area contributed by atoms with E-state index < -0.39 is 5.41 Å². The Morgan fingerprint density at radius 2 is 2.28 bits per heavy atom. The molecular formula is C13H16N2O2S. The number of nitrogens with one attached hydrogen (secondary N) is 2. The Kier molecular flexibility index (Phi) is 3.61. The van der Waals surface area contributed by atoms with E-state index in [2.05, 4.69) is 10.6 Å². The van der Waals surface area contributed by atoms with Gasteiger partial charge in [-0.15, -0.1) is 11.8 Å². The van der Waals surface area contributed by atoms with Crippen LogP contribution in [0.5, 0.6) is 0 Å². The Bertz CT molecular complexity index is 490. The molecule has 2 rings (SSSR count). The summed E-state index contributed by atoms with van der Waals surface area (Å²) in [6.07, 6.45) is 2.24. The molecule has 0 spiro atoms. The molecule has 2 amide bonds. The van der Waals surface area contributed by atoms with Crippen LogP contribution in [0.4, 0.5) is 5.69 Å². The molecule has 0 aliphatic carbocycles. The van der Waals surface area contributed by atoms with Gasteiger partial charge in [0.1, 0.15) is 0 Å². The van der Waals surface area contributed by atoms with Crippen LogP contribution in [0.3, 0.4) is 0 Å². The third kappa shape index (κ3) is 2.67. The van der Waals surface area contributed by atoms with Gasteiger partial charge in [-0.1, -0.05) is 6.07 Å². The summed E-state index contributed by atoms with van der Waals surface area (Å²) < 4.78 is 0. The largest absolute Gasteiger partial charge is 0.355 e. The second kappa shape index (κ2) is 5.02. The standard InChI is InChI=1S/C13H16N2O2S/c1-13(7-11(16)14-8-13)12(17)15-9-4-3-5-10(6-9)18-2/h3-6H,7-8H2,1-2H3,(H,14,16)(H,15,17). The van der Waals surface area contributed by atoms with E-state index in [1.165, 1.54) is 0 Å². The Labute approximate surface area is 111 Å². The number of amides is 2. The lowest BCUT2D eigenvalue weighted by Gasteiger charge is -2.20. The average molecular weight is 264 g/mol. The van der Waals surface area contributed by atoms with Gasteiger partial charge in [-0.05, 0) is 31.4 Å². The van der Waals surface area contributed by atoms with Gasteiger partial charge in [0.15, 0.2) is 0 Å². The molecular weight excluding hydrogens is 248 g/mol. The van der Waals surface area contributed by atoms with Crippen molar-refractivity contribution >= 4 is 29.3 Å². The zero-order valence-electron chi connectivity index (χ0n) is 10.4. The monoisotopic (exact) mass is 264 g/mol. The first kappa shape index (κ1) is 13.0. The molecule has 5 heteroatoms. The van der Waals surface area contributed by atoms with Crippen LogP contribution in [0.1, 0.15) is 13.3 Å². The SMILES string of the molecule is CSc1cccc(NC(=O)C2(C)CNC(=O)C2)c1. The van der Waals surface area contributed by atoms with Gasteiger partial charge >= 0.3 is 0 Å². The minimum Gasteiger partial charge on any atom is -0.355 e. The molecule has 0 radical (unpaired) electrons. The maximum absolute atomic E-state index is 12.2. The number of hydrogen-bond acceptors (Lipinski definition) is 3. The second-order valence-corrected chi connectivity index (χ2v) is 5.58. The fraction of sp³-hybridized carbons (Fsp3) is 0.385. The van der Waals surface area contributed by atoms with Crippen molar-refractivity contribution in [1.29, 1.82) is 0 Å². The number of carbonyl (C=O) groups is 2. The van der Waals surface area contributed by atoms with Gasteiger partial charge in [0.25, 0.3) is 0 Å². The van der Waals surface area contributed by atoms with Gasteiger partial charge in [-0.3, -0.25) is 9.59 Å². The summed E-state index contributed by atoms with van der Waals surface area (Å²) in [5.41, 5.74) is 0.124. The van der Waals surface area contributed by atoms with Crippen molar-refractivity contribution in [3.8, 4) is 0 Å². The maximum atomic E-state index is 12.2. The van der Waals surface area contributed by atoms with Crippen LogP contribution in [0.15, 0.2) is 29.2 Å². The number of benzene rings is 1. The van der Waals surface area contributed by atoms with Crippen molar-refractivity contribution in [3.05, 3.63) is 24.3 Å². The summed E-state index contributed by atoms with van der Waals surface area (Å²) in [4.78, 5) is 24.5. The Morgan fingerprint density at radius 3 is 2.89 bits per heavy atom. The molecule has 1 aliphatic rings. The van der Waals surface area contributed by atoms with Crippen LogP contribution in [0.25, 0.3) is 0 Å². The summed E-state index contributed by atoms with van der Waals surface area (Å²) >= 11 is 1.62. The molecule has 1 aromatic carbocycles. The van der Waals surface area contributed by atoms with Crippen LogP contribution < -0.4 is 10.6 Å². The van der Waals surface area contributed by atoms with Crippen molar-refractivity contribution in [2.24, 2.45) is 5.41 Å². The molecule has 1 atom stereocenters. The van der Waals surface area contributed by atoms with Crippen molar-refractivity contribution in [2.45, 2.75) is 18.2 Å². The molecule has 0 aromatic heterocycles. The highest BCUT2D eigenvalue weighted by Gasteiger charge is 2.40. The van der Waals surface area contributed by atoms with Gasteiger partial charge < -0.3 is 10.6 Å². The van der Waals surface area contributed by atoms with Crippen LogP contribution in [-0.2, 0) is 9.59 Å². The summed E-state index contributed by atoms with van der Waals surface area (Å²) in [5, 5.41) is 5.57. The first-order valence-corrected chi connectivity index (χ1v) is 6.98. The Balaban J connectivity index is 2.09. The normalized spacial score (nSPS) is 22.7. The fourth-order valence-corrected chi connectivity index (χ4v) is 2.38. The van der Waals surface area contributed by atoms with Gasteiger partial charge in [0.2, 0.25) is 11.8 Å². The average Bonchev–Trinajstić information content (AvgIpc) is 2.71. The number of thioether (sulfide) groups is 1. The molecule has 18 heavy (non-hydrogen) atoms. The predicted molar refractivity (Wildman–Crippen MR) is 72.6 cm³/mol. The Morgan fingerprint density at radius 1 is 1.50 bits per heavy atom. The van der Waals surface area contributed by atoms with Gasteiger partial charge in [-0.2, -0.15) is 0 Å². The van der Waals surface area contributed by atoms with Crippen LogP contribution >= 0.6 is 11.8 Å². The molecule has 0 saturated carbocycles. The van der Waals surface area contributed by atoms with Crippen LogP contribution in [0.2, 0.25) is 0 Å². The van der Waals surface area contributed by atoms with Crippen LogP contribution in [-0.4, -0.2) is 24.6 Å². The lowest BCUT2D eigenvalue weighted by molar-refractivity contribution is -0.126.